The van der Waals surface area contributed by atoms with Crippen LogP contribution in [-0.2, 0) is 4.74 Å². The maximum atomic E-state index is 9.84. The zero-order chi connectivity index (χ0) is 13.0. The predicted octanol–water partition coefficient (Wildman–Crippen LogP) is 3.53. The van der Waals surface area contributed by atoms with Crippen LogP contribution in [0.5, 0.6) is 0 Å². The summed E-state index contributed by atoms with van der Waals surface area (Å²) in [4.78, 5) is 4.35. The number of aliphatic hydroxyl groups is 1. The molecule has 1 atom stereocenters. The van der Waals surface area contributed by atoms with Crippen molar-refractivity contribution >= 4 is 22.7 Å². The Kier molecular flexibility index (Phi) is 4.56. The van der Waals surface area contributed by atoms with E-state index in [1.165, 1.54) is 4.88 Å². The van der Waals surface area contributed by atoms with Crippen LogP contribution in [0.15, 0.2) is 24.3 Å². The zero-order valence-electron chi connectivity index (χ0n) is 10.3. The highest BCUT2D eigenvalue weighted by atomic mass is 32.1. The molecule has 0 saturated heterocycles. The second kappa shape index (κ2) is 6.17. The summed E-state index contributed by atoms with van der Waals surface area (Å²) < 4.78 is 4.95. The van der Waals surface area contributed by atoms with E-state index in [4.69, 9.17) is 4.74 Å². The Balaban J connectivity index is 2.19. The van der Waals surface area contributed by atoms with Crippen LogP contribution in [0.4, 0.5) is 0 Å². The van der Waals surface area contributed by atoms with Crippen LogP contribution in [0, 0.1) is 11.8 Å². The number of ether oxygens (including phenoxy) is 1. The molecule has 0 fully saturated rings. The summed E-state index contributed by atoms with van der Waals surface area (Å²) >= 11 is 3.27. The van der Waals surface area contributed by atoms with E-state index in [9.17, 15) is 5.11 Å². The molecule has 2 aromatic rings. The first-order valence-electron chi connectivity index (χ1n) is 5.54. The molecule has 0 aromatic carbocycles. The third kappa shape index (κ3) is 3.01. The van der Waals surface area contributed by atoms with Gasteiger partial charge in [-0.25, -0.2) is 0 Å². The molecule has 0 radical (unpaired) electrons. The summed E-state index contributed by atoms with van der Waals surface area (Å²) in [6.07, 6.45) is -0.538. The molecular formula is C14H14O2S2. The average Bonchev–Trinajstić information content (AvgIpc) is 2.97. The van der Waals surface area contributed by atoms with E-state index >= 15 is 0 Å². The molecule has 2 heterocycles. The van der Waals surface area contributed by atoms with Crippen molar-refractivity contribution in [1.82, 2.24) is 0 Å². The van der Waals surface area contributed by atoms with Crippen molar-refractivity contribution in [1.29, 1.82) is 0 Å². The zero-order valence-corrected chi connectivity index (χ0v) is 11.9. The van der Waals surface area contributed by atoms with Gasteiger partial charge in [-0.3, -0.25) is 0 Å². The monoisotopic (exact) mass is 278 g/mol. The molecule has 0 aliphatic heterocycles. The van der Waals surface area contributed by atoms with Gasteiger partial charge < -0.3 is 9.84 Å². The number of hydrogen-bond acceptors (Lipinski definition) is 4. The van der Waals surface area contributed by atoms with Crippen LogP contribution in [0.2, 0.25) is 0 Å². The Morgan fingerprint density at radius 3 is 2.67 bits per heavy atom. The first-order chi connectivity index (χ1) is 8.74. The van der Waals surface area contributed by atoms with Gasteiger partial charge in [0.2, 0.25) is 0 Å². The first-order valence-corrected chi connectivity index (χ1v) is 7.17. The lowest BCUT2D eigenvalue weighted by atomic mass is 10.3. The predicted molar refractivity (Wildman–Crippen MR) is 77.0 cm³/mol. The van der Waals surface area contributed by atoms with E-state index in [0.29, 0.717) is 6.61 Å². The van der Waals surface area contributed by atoms with Crippen molar-refractivity contribution < 1.29 is 9.84 Å². The van der Waals surface area contributed by atoms with Crippen molar-refractivity contribution in [3.63, 3.8) is 0 Å². The van der Waals surface area contributed by atoms with Crippen molar-refractivity contribution in [2.24, 2.45) is 0 Å². The normalized spacial score (nSPS) is 11.9. The Morgan fingerprint density at radius 2 is 1.94 bits per heavy atom. The molecule has 18 heavy (non-hydrogen) atoms. The minimum Gasteiger partial charge on any atom is -0.385 e. The van der Waals surface area contributed by atoms with Gasteiger partial charge in [0.25, 0.3) is 0 Å². The van der Waals surface area contributed by atoms with Crippen molar-refractivity contribution in [2.75, 3.05) is 13.7 Å². The lowest BCUT2D eigenvalue weighted by Crippen LogP contribution is -2.02. The molecular weight excluding hydrogens is 264 g/mol. The van der Waals surface area contributed by atoms with Gasteiger partial charge in [-0.1, -0.05) is 5.92 Å². The topological polar surface area (TPSA) is 29.5 Å². The van der Waals surface area contributed by atoms with Gasteiger partial charge in [0.15, 0.2) is 0 Å². The van der Waals surface area contributed by atoms with E-state index in [-0.39, 0.29) is 0 Å². The second-order valence-electron chi connectivity index (χ2n) is 3.71. The highest BCUT2D eigenvalue weighted by molar-refractivity contribution is 7.22. The van der Waals surface area contributed by atoms with Crippen LogP contribution >= 0.6 is 22.7 Å². The molecule has 0 bridgehead atoms. The third-order valence-electron chi connectivity index (χ3n) is 2.38. The second-order valence-corrected chi connectivity index (χ2v) is 5.91. The number of methoxy groups -OCH3 is 1. The van der Waals surface area contributed by atoms with Crippen LogP contribution < -0.4 is 0 Å². The Morgan fingerprint density at radius 1 is 1.22 bits per heavy atom. The van der Waals surface area contributed by atoms with Gasteiger partial charge in [0.05, 0.1) is 11.5 Å². The van der Waals surface area contributed by atoms with Crippen LogP contribution in [-0.4, -0.2) is 18.8 Å². The van der Waals surface area contributed by atoms with E-state index < -0.39 is 6.10 Å². The lowest BCUT2D eigenvalue weighted by Gasteiger charge is -2.05. The minimum atomic E-state index is -0.538. The molecule has 1 unspecified atom stereocenters. The summed E-state index contributed by atoms with van der Waals surface area (Å²) in [6, 6.07) is 8.09. The van der Waals surface area contributed by atoms with Crippen molar-refractivity contribution in [3.8, 4) is 21.6 Å². The summed E-state index contributed by atoms with van der Waals surface area (Å²) in [5.41, 5.74) is 0. The largest absolute Gasteiger partial charge is 0.385 e. The Hall–Kier alpha value is -1.12. The summed E-state index contributed by atoms with van der Waals surface area (Å²) in [5, 5.41) is 9.84. The maximum Gasteiger partial charge on any atom is 0.111 e. The Bertz CT molecular complexity index is 572. The fourth-order valence-electron chi connectivity index (χ4n) is 1.57. The number of aliphatic hydroxyl groups excluding tert-OH is 1. The molecule has 4 heteroatoms. The smallest absolute Gasteiger partial charge is 0.111 e. The van der Waals surface area contributed by atoms with Crippen molar-refractivity contribution in [2.45, 2.75) is 13.0 Å². The van der Waals surface area contributed by atoms with Crippen LogP contribution in [0.3, 0.4) is 0 Å². The summed E-state index contributed by atoms with van der Waals surface area (Å²) in [5.74, 6) is 5.95. The maximum absolute atomic E-state index is 9.84. The molecule has 2 nitrogen and oxygen atoms in total. The number of hydrogen-bond donors (Lipinski definition) is 1. The summed E-state index contributed by atoms with van der Waals surface area (Å²) in [7, 11) is 1.59. The van der Waals surface area contributed by atoms with E-state index in [0.717, 1.165) is 14.6 Å². The molecule has 2 rings (SSSR count). The van der Waals surface area contributed by atoms with Gasteiger partial charge >= 0.3 is 0 Å². The van der Waals surface area contributed by atoms with Gasteiger partial charge in [-0.05, 0) is 31.2 Å². The fraction of sp³-hybridized carbons (Fsp3) is 0.286. The van der Waals surface area contributed by atoms with Crippen molar-refractivity contribution in [3.05, 3.63) is 34.0 Å². The van der Waals surface area contributed by atoms with Crippen LogP contribution in [0.1, 0.15) is 22.8 Å². The average molecular weight is 278 g/mol. The molecule has 0 spiro atoms. The molecule has 0 saturated carbocycles. The molecule has 0 amide bonds. The lowest BCUT2D eigenvalue weighted by molar-refractivity contribution is 0.0666. The quantitative estimate of drug-likeness (QED) is 0.867. The standard InChI is InChI=1S/C14H14O2S2/c1-3-4-10-5-6-13(17-10)14-8-7-12(18-14)11(15)9-16-2/h5-8,11,15H,9H2,1-2H3. The van der Waals surface area contributed by atoms with Gasteiger partial charge in [-0.2, -0.15) is 0 Å². The van der Waals surface area contributed by atoms with Gasteiger partial charge in [0.1, 0.15) is 6.10 Å². The highest BCUT2D eigenvalue weighted by Gasteiger charge is 2.12. The van der Waals surface area contributed by atoms with E-state index in [1.54, 1.807) is 29.8 Å². The fourth-order valence-corrected chi connectivity index (χ4v) is 3.54. The number of rotatable bonds is 4. The first kappa shape index (κ1) is 13.3. The molecule has 94 valence electrons. The van der Waals surface area contributed by atoms with Crippen LogP contribution in [0.25, 0.3) is 9.75 Å². The third-order valence-corrected chi connectivity index (χ3v) is 4.76. The SMILES string of the molecule is CC#Cc1ccc(-c2ccc(C(O)COC)s2)s1. The molecule has 2 aromatic heterocycles. The van der Waals surface area contributed by atoms with Gasteiger partial charge in [-0.15, -0.1) is 28.6 Å². The Labute approximate surface area is 115 Å². The minimum absolute atomic E-state index is 0.330. The van der Waals surface area contributed by atoms with Gasteiger partial charge in [0, 0.05) is 21.7 Å². The molecule has 0 aliphatic rings. The molecule has 1 N–H and O–H groups in total. The summed E-state index contributed by atoms with van der Waals surface area (Å²) in [6.45, 7) is 2.17. The highest BCUT2D eigenvalue weighted by Crippen LogP contribution is 2.35. The molecule has 0 aliphatic carbocycles. The number of thiophene rings is 2. The van der Waals surface area contributed by atoms with E-state index in [2.05, 4.69) is 17.9 Å². The van der Waals surface area contributed by atoms with E-state index in [1.807, 2.05) is 25.1 Å².